The number of nitrogens with zero attached hydrogens (tertiary/aromatic N) is 3. The summed E-state index contributed by atoms with van der Waals surface area (Å²) >= 11 is 0. The largest absolute Gasteiger partial charge is 0.464 e. The van der Waals surface area contributed by atoms with Gasteiger partial charge in [0.05, 0.1) is 18.5 Å². The highest BCUT2D eigenvalue weighted by Gasteiger charge is 2.31. The van der Waals surface area contributed by atoms with Crippen molar-refractivity contribution in [1.82, 2.24) is 14.1 Å². The molecule has 0 fully saturated rings. The number of methoxy groups -OCH3 is 1. The molecule has 0 spiro atoms. The third kappa shape index (κ3) is 1.87. The van der Waals surface area contributed by atoms with Crippen molar-refractivity contribution >= 4 is 16.9 Å². The molecule has 0 saturated carbocycles. The Kier molecular flexibility index (Phi) is 3.44. The first-order valence-electron chi connectivity index (χ1n) is 8.49. The van der Waals surface area contributed by atoms with Crippen LogP contribution in [-0.2, 0) is 30.7 Å². The molecule has 0 unspecified atom stereocenters. The lowest BCUT2D eigenvalue weighted by Crippen LogP contribution is -2.18. The lowest BCUT2D eigenvalue weighted by atomic mass is 10.0. The highest BCUT2D eigenvalue weighted by atomic mass is 16.5. The van der Waals surface area contributed by atoms with E-state index in [1.54, 1.807) is 0 Å². The maximum Gasteiger partial charge on any atom is 0.356 e. The first kappa shape index (κ1) is 15.0. The second kappa shape index (κ2) is 5.51. The second-order valence-electron chi connectivity index (χ2n) is 6.07. The fraction of sp³-hybridized carbons (Fsp3) is 0.368. The van der Waals surface area contributed by atoms with Gasteiger partial charge in [-0.05, 0) is 31.4 Å². The number of hydrogen-bond donors (Lipinski definition) is 0. The lowest BCUT2D eigenvalue weighted by Gasteiger charge is -2.19. The molecule has 0 atom stereocenters. The van der Waals surface area contributed by atoms with Crippen molar-refractivity contribution in [1.29, 1.82) is 0 Å². The quantitative estimate of drug-likeness (QED) is 0.694. The molecule has 5 nitrogen and oxygen atoms in total. The maximum atomic E-state index is 12.3. The van der Waals surface area contributed by atoms with E-state index in [-0.39, 0.29) is 5.97 Å². The van der Waals surface area contributed by atoms with Crippen molar-refractivity contribution in [3.05, 3.63) is 41.2 Å². The van der Waals surface area contributed by atoms with E-state index >= 15 is 0 Å². The molecule has 24 heavy (non-hydrogen) atoms. The van der Waals surface area contributed by atoms with E-state index in [2.05, 4.69) is 35.8 Å². The monoisotopic (exact) mass is 323 g/mol. The molecule has 3 aromatic rings. The Hall–Kier alpha value is -2.56. The minimum atomic E-state index is -0.298. The molecular formula is C19H21N3O2. The Labute approximate surface area is 140 Å². The van der Waals surface area contributed by atoms with Crippen LogP contribution in [0.15, 0.2) is 24.3 Å². The topological polar surface area (TPSA) is 49.1 Å². The molecule has 0 saturated heterocycles. The van der Waals surface area contributed by atoms with Crippen LogP contribution in [0.4, 0.5) is 0 Å². The Morgan fingerprint density at radius 1 is 1.29 bits per heavy atom. The molecule has 124 valence electrons. The van der Waals surface area contributed by atoms with Gasteiger partial charge < -0.3 is 13.9 Å². The molecule has 5 heteroatoms. The number of carbonyl (C=O) groups excluding carboxylic acids is 1. The fourth-order valence-electron chi connectivity index (χ4n) is 3.91. The average Bonchev–Trinajstić information content (AvgIpc) is 3.16. The number of ether oxygens (including phenoxy) is 1. The number of aromatic nitrogens is 3. The van der Waals surface area contributed by atoms with Gasteiger partial charge in [0.15, 0.2) is 11.5 Å². The minimum Gasteiger partial charge on any atom is -0.464 e. The van der Waals surface area contributed by atoms with Crippen LogP contribution in [0.3, 0.4) is 0 Å². The van der Waals surface area contributed by atoms with Gasteiger partial charge >= 0.3 is 5.97 Å². The summed E-state index contributed by atoms with van der Waals surface area (Å²) < 4.78 is 9.35. The minimum absolute atomic E-state index is 0.298. The maximum absolute atomic E-state index is 12.3. The van der Waals surface area contributed by atoms with Gasteiger partial charge in [-0.15, -0.1) is 0 Å². The van der Waals surface area contributed by atoms with Crippen molar-refractivity contribution < 1.29 is 9.53 Å². The predicted octanol–water partition coefficient (Wildman–Crippen LogP) is 3.43. The van der Waals surface area contributed by atoms with E-state index in [1.165, 1.54) is 23.6 Å². The van der Waals surface area contributed by atoms with Crippen LogP contribution in [0.25, 0.3) is 22.4 Å². The molecule has 0 aliphatic carbocycles. The highest BCUT2D eigenvalue weighted by molar-refractivity contribution is 5.94. The molecule has 2 aromatic heterocycles. The lowest BCUT2D eigenvalue weighted by molar-refractivity contribution is 0.0587. The Balaban J connectivity index is 2.06. The summed E-state index contributed by atoms with van der Waals surface area (Å²) in [6.45, 7) is 5.81. The Morgan fingerprint density at radius 2 is 2.08 bits per heavy atom. The summed E-state index contributed by atoms with van der Waals surface area (Å²) in [5, 5.41) is 1.29. The van der Waals surface area contributed by atoms with Gasteiger partial charge in [0.2, 0.25) is 0 Å². The number of aryl methyl sites for hydroxylation is 3. The van der Waals surface area contributed by atoms with Gasteiger partial charge in [-0.2, -0.15) is 0 Å². The zero-order valence-electron chi connectivity index (χ0n) is 14.3. The van der Waals surface area contributed by atoms with Crippen LogP contribution in [0.1, 0.15) is 35.6 Å². The van der Waals surface area contributed by atoms with E-state index in [9.17, 15) is 4.79 Å². The molecule has 1 aliphatic rings. The van der Waals surface area contributed by atoms with Crippen molar-refractivity contribution in [2.75, 3.05) is 7.11 Å². The van der Waals surface area contributed by atoms with E-state index in [0.717, 1.165) is 36.7 Å². The van der Waals surface area contributed by atoms with Gasteiger partial charge in [-0.25, -0.2) is 9.78 Å². The SMILES string of the molecule is CCc1nc2n(c1C(=O)OC)CCc1c-2n(CC)c2ccccc12. The predicted molar refractivity (Wildman–Crippen MR) is 93.3 cm³/mol. The summed E-state index contributed by atoms with van der Waals surface area (Å²) in [4.78, 5) is 17.1. The van der Waals surface area contributed by atoms with Gasteiger partial charge in [-0.1, -0.05) is 25.1 Å². The smallest absolute Gasteiger partial charge is 0.356 e. The van der Waals surface area contributed by atoms with Crippen molar-refractivity contribution in [3.63, 3.8) is 0 Å². The molecule has 0 amide bonds. The van der Waals surface area contributed by atoms with E-state index in [0.29, 0.717) is 12.1 Å². The average molecular weight is 323 g/mol. The molecule has 1 aromatic carbocycles. The second-order valence-corrected chi connectivity index (χ2v) is 6.07. The van der Waals surface area contributed by atoms with E-state index < -0.39 is 0 Å². The summed E-state index contributed by atoms with van der Waals surface area (Å²) in [5.41, 5.74) is 5.14. The molecule has 1 aliphatic heterocycles. The number of hydrogen-bond acceptors (Lipinski definition) is 3. The summed E-state index contributed by atoms with van der Waals surface area (Å²) in [7, 11) is 1.43. The van der Waals surface area contributed by atoms with Crippen LogP contribution in [0.2, 0.25) is 0 Å². The van der Waals surface area contributed by atoms with Crippen LogP contribution in [-0.4, -0.2) is 27.2 Å². The number of carbonyl (C=O) groups is 1. The standard InChI is InChI=1S/C19H21N3O2/c1-4-14-17(19(23)24-3)22-11-10-13-12-8-6-7-9-15(12)21(5-2)16(13)18(22)20-14/h6-9H,4-5,10-11H2,1-3H3. The molecule has 0 N–H and O–H groups in total. The fourth-order valence-corrected chi connectivity index (χ4v) is 3.91. The van der Waals surface area contributed by atoms with Crippen LogP contribution in [0, 0.1) is 0 Å². The summed E-state index contributed by atoms with van der Waals surface area (Å²) in [6, 6.07) is 8.50. The van der Waals surface area contributed by atoms with Crippen molar-refractivity contribution in [2.24, 2.45) is 0 Å². The highest BCUT2D eigenvalue weighted by Crippen LogP contribution is 2.38. The van der Waals surface area contributed by atoms with E-state index in [4.69, 9.17) is 9.72 Å². The van der Waals surface area contributed by atoms with Gasteiger partial charge in [0.1, 0.15) is 0 Å². The first-order chi connectivity index (χ1) is 11.7. The van der Waals surface area contributed by atoms with Gasteiger partial charge in [0.25, 0.3) is 0 Å². The number of para-hydroxylation sites is 1. The van der Waals surface area contributed by atoms with Gasteiger partial charge in [-0.3, -0.25) is 0 Å². The third-order valence-electron chi connectivity index (χ3n) is 4.94. The van der Waals surface area contributed by atoms with Crippen molar-refractivity contribution in [3.8, 4) is 11.5 Å². The van der Waals surface area contributed by atoms with Crippen LogP contribution in [0.5, 0.6) is 0 Å². The van der Waals surface area contributed by atoms with Crippen molar-refractivity contribution in [2.45, 2.75) is 39.8 Å². The van der Waals surface area contributed by atoms with Gasteiger partial charge in [0, 0.05) is 24.0 Å². The summed E-state index contributed by atoms with van der Waals surface area (Å²) in [5.74, 6) is 0.597. The number of benzene rings is 1. The van der Waals surface area contributed by atoms with Crippen LogP contribution >= 0.6 is 0 Å². The number of esters is 1. The third-order valence-corrected chi connectivity index (χ3v) is 4.94. The number of rotatable bonds is 3. The zero-order chi connectivity index (χ0) is 16.8. The number of imidazole rings is 1. The van der Waals surface area contributed by atoms with Crippen LogP contribution < -0.4 is 0 Å². The Bertz CT molecular complexity index is 916. The van der Waals surface area contributed by atoms with E-state index in [1.807, 2.05) is 11.5 Å². The number of fused-ring (bicyclic) bond motifs is 5. The molecule has 0 radical (unpaired) electrons. The molecular weight excluding hydrogens is 302 g/mol. The molecule has 3 heterocycles. The zero-order valence-corrected chi connectivity index (χ0v) is 14.3. The summed E-state index contributed by atoms with van der Waals surface area (Å²) in [6.07, 6.45) is 1.62. The first-order valence-corrected chi connectivity index (χ1v) is 8.49. The Morgan fingerprint density at radius 3 is 2.79 bits per heavy atom. The molecule has 0 bridgehead atoms. The normalized spacial score (nSPS) is 13.0. The molecule has 4 rings (SSSR count).